The van der Waals surface area contributed by atoms with Gasteiger partial charge >= 0.3 is 0 Å². The van der Waals surface area contributed by atoms with E-state index in [1.54, 1.807) is 6.07 Å². The van der Waals surface area contributed by atoms with E-state index in [-0.39, 0.29) is 17.2 Å². The summed E-state index contributed by atoms with van der Waals surface area (Å²) < 4.78 is 0. The lowest BCUT2D eigenvalue weighted by atomic mass is 9.87. The number of anilines is 3. The molecule has 1 heterocycles. The van der Waals surface area contributed by atoms with E-state index in [0.717, 1.165) is 28.1 Å². The number of benzene rings is 3. The first kappa shape index (κ1) is 24.3. The SMILES string of the molecule is Cc1ccc(C2=C(Nc3ccc(C(C)(C)C)cc3)C(=O)N(c3cccc(N(C)C)c3)C2=O)c(C)c1. The Morgan fingerprint density at radius 3 is 2.11 bits per heavy atom. The molecule has 5 heteroatoms. The van der Waals surface area contributed by atoms with Gasteiger partial charge in [0.2, 0.25) is 0 Å². The smallest absolute Gasteiger partial charge is 0.282 e. The number of rotatable bonds is 5. The molecule has 0 unspecified atom stereocenters. The summed E-state index contributed by atoms with van der Waals surface area (Å²) in [5.41, 5.74) is 6.94. The van der Waals surface area contributed by atoms with Gasteiger partial charge in [-0.1, -0.05) is 62.7 Å². The average Bonchev–Trinajstić information content (AvgIpc) is 3.03. The highest BCUT2D eigenvalue weighted by molar-refractivity contribution is 6.46. The molecule has 0 saturated carbocycles. The third-order valence-corrected chi connectivity index (χ3v) is 6.36. The van der Waals surface area contributed by atoms with E-state index in [0.29, 0.717) is 17.0 Å². The van der Waals surface area contributed by atoms with Gasteiger partial charge in [-0.05, 0) is 66.3 Å². The highest BCUT2D eigenvalue weighted by Gasteiger charge is 2.41. The van der Waals surface area contributed by atoms with Crippen molar-refractivity contribution in [1.82, 2.24) is 0 Å². The number of aryl methyl sites for hydroxylation is 2. The molecule has 0 saturated heterocycles. The molecule has 180 valence electrons. The summed E-state index contributed by atoms with van der Waals surface area (Å²) in [6, 6.07) is 21.4. The number of hydrogen-bond donors (Lipinski definition) is 1. The molecule has 0 atom stereocenters. The molecule has 4 rings (SSSR count). The predicted octanol–water partition coefficient (Wildman–Crippen LogP) is 6.06. The zero-order valence-electron chi connectivity index (χ0n) is 21.6. The minimum atomic E-state index is -0.360. The van der Waals surface area contributed by atoms with Crippen molar-refractivity contribution in [2.45, 2.75) is 40.0 Å². The van der Waals surface area contributed by atoms with Crippen LogP contribution in [0.5, 0.6) is 0 Å². The Kier molecular flexibility index (Phi) is 6.28. The summed E-state index contributed by atoms with van der Waals surface area (Å²) >= 11 is 0. The quantitative estimate of drug-likeness (QED) is 0.463. The second kappa shape index (κ2) is 9.06. The molecular formula is C30H33N3O2. The lowest BCUT2D eigenvalue weighted by Crippen LogP contribution is -2.32. The van der Waals surface area contributed by atoms with Crippen LogP contribution in [0.4, 0.5) is 17.1 Å². The van der Waals surface area contributed by atoms with Gasteiger partial charge in [-0.25, -0.2) is 4.90 Å². The maximum Gasteiger partial charge on any atom is 0.282 e. The fourth-order valence-corrected chi connectivity index (χ4v) is 4.33. The number of nitrogens with one attached hydrogen (secondary N) is 1. The Morgan fingerprint density at radius 2 is 1.51 bits per heavy atom. The molecule has 0 aromatic heterocycles. The lowest BCUT2D eigenvalue weighted by molar-refractivity contribution is -0.120. The summed E-state index contributed by atoms with van der Waals surface area (Å²) in [6.45, 7) is 10.5. The van der Waals surface area contributed by atoms with Crippen LogP contribution >= 0.6 is 0 Å². The lowest BCUT2D eigenvalue weighted by Gasteiger charge is -2.20. The minimum absolute atomic E-state index is 0.0232. The molecule has 0 fully saturated rings. The van der Waals surface area contributed by atoms with Gasteiger partial charge in [0, 0.05) is 25.5 Å². The normalized spacial score (nSPS) is 14.1. The molecule has 2 amide bonds. The standard InChI is InChI=1S/C30H33N3O2/c1-19-11-16-25(20(2)17-19)26-27(31-22-14-12-21(13-15-22)30(3,4)5)29(35)33(28(26)34)24-10-8-9-23(18-24)32(6)7/h8-18,31H,1-7H3. The maximum absolute atomic E-state index is 13.8. The number of nitrogens with zero attached hydrogens (tertiary/aromatic N) is 2. The van der Waals surface area contributed by atoms with Crippen molar-refractivity contribution in [2.75, 3.05) is 29.2 Å². The molecule has 0 aliphatic carbocycles. The monoisotopic (exact) mass is 467 g/mol. The van der Waals surface area contributed by atoms with Gasteiger partial charge in [-0.3, -0.25) is 9.59 Å². The third-order valence-electron chi connectivity index (χ3n) is 6.36. The average molecular weight is 468 g/mol. The first-order valence-electron chi connectivity index (χ1n) is 11.8. The molecule has 0 bridgehead atoms. The van der Waals surface area contributed by atoms with E-state index >= 15 is 0 Å². The molecule has 0 spiro atoms. The van der Waals surface area contributed by atoms with Crippen LogP contribution in [0.1, 0.15) is 43.0 Å². The van der Waals surface area contributed by atoms with Crippen LogP contribution in [-0.2, 0) is 15.0 Å². The fourth-order valence-electron chi connectivity index (χ4n) is 4.33. The number of carbonyl (C=O) groups is 2. The molecule has 1 aliphatic rings. The molecule has 3 aromatic rings. The number of amides is 2. The van der Waals surface area contributed by atoms with Crippen LogP contribution in [0, 0.1) is 13.8 Å². The highest BCUT2D eigenvalue weighted by atomic mass is 16.2. The van der Waals surface area contributed by atoms with Crippen LogP contribution in [-0.4, -0.2) is 25.9 Å². The minimum Gasteiger partial charge on any atom is -0.378 e. The second-order valence-electron chi connectivity index (χ2n) is 10.4. The van der Waals surface area contributed by atoms with Gasteiger partial charge in [0.15, 0.2) is 0 Å². The van der Waals surface area contributed by atoms with Gasteiger partial charge in [0.25, 0.3) is 11.8 Å². The van der Waals surface area contributed by atoms with E-state index in [1.165, 1.54) is 10.5 Å². The first-order valence-corrected chi connectivity index (χ1v) is 11.8. The van der Waals surface area contributed by atoms with Gasteiger partial charge in [0.05, 0.1) is 11.3 Å². The van der Waals surface area contributed by atoms with Gasteiger partial charge in [-0.2, -0.15) is 0 Å². The van der Waals surface area contributed by atoms with E-state index in [2.05, 4.69) is 38.2 Å². The van der Waals surface area contributed by atoms with Crippen molar-refractivity contribution < 1.29 is 9.59 Å². The van der Waals surface area contributed by atoms with Gasteiger partial charge in [-0.15, -0.1) is 0 Å². The van der Waals surface area contributed by atoms with Crippen molar-refractivity contribution in [1.29, 1.82) is 0 Å². The molecule has 0 radical (unpaired) electrons. The van der Waals surface area contributed by atoms with Crippen molar-refractivity contribution in [2.24, 2.45) is 0 Å². The van der Waals surface area contributed by atoms with Crippen LogP contribution in [0.15, 0.2) is 72.4 Å². The number of hydrogen-bond acceptors (Lipinski definition) is 4. The summed E-state index contributed by atoms with van der Waals surface area (Å²) in [5.74, 6) is -0.688. The van der Waals surface area contributed by atoms with Crippen molar-refractivity contribution in [3.63, 3.8) is 0 Å². The summed E-state index contributed by atoms with van der Waals surface area (Å²) in [7, 11) is 3.86. The molecule has 1 N–H and O–H groups in total. The largest absolute Gasteiger partial charge is 0.378 e. The number of imide groups is 1. The highest BCUT2D eigenvalue weighted by Crippen LogP contribution is 2.36. The van der Waals surface area contributed by atoms with E-state index < -0.39 is 0 Å². The van der Waals surface area contributed by atoms with Crippen molar-refractivity contribution in [3.8, 4) is 0 Å². The molecule has 1 aliphatic heterocycles. The van der Waals surface area contributed by atoms with Gasteiger partial charge < -0.3 is 10.2 Å². The maximum atomic E-state index is 13.8. The molecule has 3 aromatic carbocycles. The molecule has 5 nitrogen and oxygen atoms in total. The third kappa shape index (κ3) is 4.72. The Balaban J connectivity index is 1.81. The number of carbonyl (C=O) groups excluding carboxylic acids is 2. The van der Waals surface area contributed by atoms with E-state index in [4.69, 9.17) is 0 Å². The summed E-state index contributed by atoms with van der Waals surface area (Å²) in [4.78, 5) is 30.8. The zero-order valence-corrected chi connectivity index (χ0v) is 21.6. The summed E-state index contributed by atoms with van der Waals surface area (Å²) in [5, 5.41) is 3.28. The van der Waals surface area contributed by atoms with Crippen molar-refractivity contribution in [3.05, 3.63) is 94.7 Å². The Bertz CT molecular complexity index is 1330. The van der Waals surface area contributed by atoms with E-state index in [9.17, 15) is 9.59 Å². The van der Waals surface area contributed by atoms with Crippen LogP contribution in [0.3, 0.4) is 0 Å². The van der Waals surface area contributed by atoms with Gasteiger partial charge in [0.1, 0.15) is 5.70 Å². The predicted molar refractivity (Wildman–Crippen MR) is 145 cm³/mol. The molecular weight excluding hydrogens is 434 g/mol. The fraction of sp³-hybridized carbons (Fsp3) is 0.267. The second-order valence-corrected chi connectivity index (χ2v) is 10.4. The van der Waals surface area contributed by atoms with Crippen molar-refractivity contribution >= 4 is 34.4 Å². The molecule has 35 heavy (non-hydrogen) atoms. The Labute approximate surface area is 208 Å². The van der Waals surface area contributed by atoms with E-state index in [1.807, 2.05) is 81.4 Å². The first-order chi connectivity index (χ1) is 16.5. The zero-order chi connectivity index (χ0) is 25.5. The van der Waals surface area contributed by atoms with Crippen LogP contribution in [0.25, 0.3) is 5.57 Å². The Morgan fingerprint density at radius 1 is 0.829 bits per heavy atom. The summed E-state index contributed by atoms with van der Waals surface area (Å²) in [6.07, 6.45) is 0. The topological polar surface area (TPSA) is 52.7 Å². The van der Waals surface area contributed by atoms with Crippen LogP contribution < -0.4 is 15.1 Å². The Hall–Kier alpha value is -3.86. The van der Waals surface area contributed by atoms with Crippen LogP contribution in [0.2, 0.25) is 0 Å².